The summed E-state index contributed by atoms with van der Waals surface area (Å²) in [6.07, 6.45) is 0.824. The van der Waals surface area contributed by atoms with Gasteiger partial charge in [0, 0.05) is 23.2 Å². The Morgan fingerprint density at radius 3 is 2.62 bits per heavy atom. The van der Waals surface area contributed by atoms with Gasteiger partial charge in [0.25, 0.3) is 5.91 Å². The lowest BCUT2D eigenvalue weighted by atomic mass is 10.1. The zero-order valence-corrected chi connectivity index (χ0v) is 19.7. The molecule has 3 rings (SSSR count). The molecular formula is C22H21Cl2N3O4S. The molecule has 32 heavy (non-hydrogen) atoms. The molecule has 3 aromatic rings. The van der Waals surface area contributed by atoms with Crippen molar-refractivity contribution in [3.63, 3.8) is 0 Å². The van der Waals surface area contributed by atoms with E-state index in [2.05, 4.69) is 16.2 Å². The first kappa shape index (κ1) is 23.8. The average molecular weight is 494 g/mol. The number of benzene rings is 2. The largest absolute Gasteiger partial charge is 0.481 e. The van der Waals surface area contributed by atoms with Crippen LogP contribution in [0.3, 0.4) is 0 Å². The van der Waals surface area contributed by atoms with Crippen molar-refractivity contribution in [3.8, 4) is 5.75 Å². The normalized spacial score (nSPS) is 11.6. The molecule has 1 atom stereocenters. The molecule has 1 unspecified atom stereocenters. The highest BCUT2D eigenvalue weighted by atomic mass is 35.5. The number of aryl methyl sites for hydroxylation is 1. The van der Waals surface area contributed by atoms with Crippen LogP contribution in [-0.4, -0.2) is 17.1 Å². The van der Waals surface area contributed by atoms with E-state index in [9.17, 15) is 9.59 Å². The number of hydrazine groups is 1. The lowest BCUT2D eigenvalue weighted by Crippen LogP contribution is -2.48. The van der Waals surface area contributed by atoms with Gasteiger partial charge in [0.15, 0.2) is 11.2 Å². The molecule has 7 nitrogen and oxygen atoms in total. The third kappa shape index (κ3) is 6.12. The number of ether oxygens (including phenoxy) is 1. The molecule has 0 aliphatic carbocycles. The van der Waals surface area contributed by atoms with Crippen molar-refractivity contribution in [2.75, 3.05) is 5.32 Å². The second-order valence-corrected chi connectivity index (χ2v) is 8.18. The van der Waals surface area contributed by atoms with Gasteiger partial charge < -0.3 is 14.5 Å². The van der Waals surface area contributed by atoms with E-state index in [0.29, 0.717) is 27.1 Å². The van der Waals surface area contributed by atoms with Gasteiger partial charge >= 0.3 is 5.63 Å². The monoisotopic (exact) mass is 493 g/mol. The van der Waals surface area contributed by atoms with Gasteiger partial charge in [-0.25, -0.2) is 4.79 Å². The Kier molecular flexibility index (Phi) is 7.95. The first-order valence-corrected chi connectivity index (χ1v) is 11.0. The molecule has 0 aliphatic rings. The zero-order chi connectivity index (χ0) is 23.3. The maximum absolute atomic E-state index is 12.4. The van der Waals surface area contributed by atoms with Gasteiger partial charge in [-0.2, -0.15) is 0 Å². The quantitative estimate of drug-likeness (QED) is 0.257. The molecule has 0 bridgehead atoms. The Bertz CT molecular complexity index is 1220. The standard InChI is InChI=1S/C22H21Cl2N3O4S/c1-3-4-13-9-20(28)31-19-11-15(6-7-16(13)19)30-12(2)21(29)26-27-22(32)25-14-5-8-17(23)18(24)10-14/h5-12H,3-4H2,1-2H3,(H,26,29)(H2,25,27,32). The molecule has 10 heteroatoms. The van der Waals surface area contributed by atoms with E-state index in [0.717, 1.165) is 23.8 Å². The molecule has 1 heterocycles. The third-order valence-corrected chi connectivity index (χ3v) is 5.42. The summed E-state index contributed by atoms with van der Waals surface area (Å²) < 4.78 is 11.0. The second-order valence-electron chi connectivity index (χ2n) is 6.96. The first-order valence-electron chi connectivity index (χ1n) is 9.82. The summed E-state index contributed by atoms with van der Waals surface area (Å²) >= 11 is 17.0. The lowest BCUT2D eigenvalue weighted by Gasteiger charge is -2.17. The van der Waals surface area contributed by atoms with Crippen LogP contribution in [0.15, 0.2) is 51.7 Å². The lowest BCUT2D eigenvalue weighted by molar-refractivity contribution is -0.127. The number of amides is 1. The summed E-state index contributed by atoms with van der Waals surface area (Å²) in [5.41, 5.74) is 6.59. The molecule has 168 valence electrons. The van der Waals surface area contributed by atoms with E-state index in [1.54, 1.807) is 37.3 Å². The van der Waals surface area contributed by atoms with Crippen LogP contribution < -0.4 is 26.5 Å². The minimum Gasteiger partial charge on any atom is -0.481 e. The Hall–Kier alpha value is -2.81. The molecule has 0 saturated heterocycles. The van der Waals surface area contributed by atoms with E-state index in [4.69, 9.17) is 44.6 Å². The van der Waals surface area contributed by atoms with Crippen LogP contribution in [0, 0.1) is 0 Å². The summed E-state index contributed by atoms with van der Waals surface area (Å²) in [5, 5.41) is 4.67. The van der Waals surface area contributed by atoms with Crippen LogP contribution in [0.5, 0.6) is 5.75 Å². The summed E-state index contributed by atoms with van der Waals surface area (Å²) in [5.74, 6) is -0.0574. The van der Waals surface area contributed by atoms with Crippen molar-refractivity contribution in [2.45, 2.75) is 32.8 Å². The Morgan fingerprint density at radius 1 is 1.12 bits per heavy atom. The number of anilines is 1. The van der Waals surface area contributed by atoms with Crippen LogP contribution in [0.4, 0.5) is 5.69 Å². The Balaban J connectivity index is 1.59. The number of rotatable bonds is 6. The third-order valence-electron chi connectivity index (χ3n) is 4.48. The van der Waals surface area contributed by atoms with E-state index in [1.807, 2.05) is 13.0 Å². The van der Waals surface area contributed by atoms with E-state index in [1.165, 1.54) is 6.07 Å². The van der Waals surface area contributed by atoms with Crippen LogP contribution in [0.1, 0.15) is 25.8 Å². The topological polar surface area (TPSA) is 92.6 Å². The van der Waals surface area contributed by atoms with Crippen molar-refractivity contribution in [3.05, 3.63) is 68.5 Å². The van der Waals surface area contributed by atoms with Gasteiger partial charge in [-0.15, -0.1) is 0 Å². The number of hydrogen-bond acceptors (Lipinski definition) is 5. The van der Waals surface area contributed by atoms with E-state index >= 15 is 0 Å². The van der Waals surface area contributed by atoms with Gasteiger partial charge in [0.2, 0.25) is 0 Å². The number of fused-ring (bicyclic) bond motifs is 1. The van der Waals surface area contributed by atoms with Crippen molar-refractivity contribution in [1.29, 1.82) is 0 Å². The van der Waals surface area contributed by atoms with E-state index < -0.39 is 17.6 Å². The average Bonchev–Trinajstić information content (AvgIpc) is 2.74. The summed E-state index contributed by atoms with van der Waals surface area (Å²) in [6, 6.07) is 11.6. The fourth-order valence-electron chi connectivity index (χ4n) is 2.97. The minimum atomic E-state index is -0.849. The molecule has 0 fully saturated rings. The summed E-state index contributed by atoms with van der Waals surface area (Å²) in [6.45, 7) is 3.62. The molecule has 0 radical (unpaired) electrons. The SMILES string of the molecule is CCCc1cc(=O)oc2cc(OC(C)C(=O)NNC(=S)Nc3ccc(Cl)c(Cl)c3)ccc12. The highest BCUT2D eigenvalue weighted by Crippen LogP contribution is 2.25. The van der Waals surface area contributed by atoms with Crippen LogP contribution in [0.25, 0.3) is 11.0 Å². The smallest absolute Gasteiger partial charge is 0.336 e. The minimum absolute atomic E-state index is 0.153. The van der Waals surface area contributed by atoms with Gasteiger partial charge in [-0.1, -0.05) is 36.5 Å². The summed E-state index contributed by atoms with van der Waals surface area (Å²) in [7, 11) is 0. The predicted octanol–water partition coefficient (Wildman–Crippen LogP) is 4.84. The Morgan fingerprint density at radius 2 is 1.91 bits per heavy atom. The van der Waals surface area contributed by atoms with Crippen molar-refractivity contribution in [1.82, 2.24) is 10.9 Å². The number of halogens is 2. The molecule has 0 saturated carbocycles. The zero-order valence-electron chi connectivity index (χ0n) is 17.3. The number of carbonyl (C=O) groups excluding carboxylic acids is 1. The van der Waals surface area contributed by atoms with Crippen LogP contribution in [-0.2, 0) is 11.2 Å². The molecule has 3 N–H and O–H groups in total. The number of nitrogens with one attached hydrogen (secondary N) is 3. The predicted molar refractivity (Wildman–Crippen MR) is 131 cm³/mol. The molecular weight excluding hydrogens is 473 g/mol. The molecule has 0 aliphatic heterocycles. The van der Waals surface area contributed by atoms with Gasteiger partial charge in [0.1, 0.15) is 11.3 Å². The van der Waals surface area contributed by atoms with Crippen LogP contribution in [0.2, 0.25) is 10.0 Å². The van der Waals surface area contributed by atoms with E-state index in [-0.39, 0.29) is 5.11 Å². The molecule has 1 amide bonds. The number of hydrogen-bond donors (Lipinski definition) is 3. The fourth-order valence-corrected chi connectivity index (χ4v) is 3.44. The van der Waals surface area contributed by atoms with Gasteiger partial charge in [-0.05, 0) is 61.5 Å². The number of thiocarbonyl (C=S) groups is 1. The van der Waals surface area contributed by atoms with Crippen LogP contribution >= 0.6 is 35.4 Å². The summed E-state index contributed by atoms with van der Waals surface area (Å²) in [4.78, 5) is 24.2. The molecule has 2 aromatic carbocycles. The first-order chi connectivity index (χ1) is 15.3. The molecule has 1 aromatic heterocycles. The number of carbonyl (C=O) groups is 1. The van der Waals surface area contributed by atoms with Crippen molar-refractivity contribution >= 4 is 63.1 Å². The highest BCUT2D eigenvalue weighted by Gasteiger charge is 2.16. The van der Waals surface area contributed by atoms with Gasteiger partial charge in [-0.3, -0.25) is 15.6 Å². The second kappa shape index (κ2) is 10.7. The molecule has 0 spiro atoms. The Labute approximate surface area is 200 Å². The fraction of sp³-hybridized carbons (Fsp3) is 0.227. The van der Waals surface area contributed by atoms with Gasteiger partial charge in [0.05, 0.1) is 10.0 Å². The van der Waals surface area contributed by atoms with Crippen molar-refractivity contribution < 1.29 is 13.9 Å². The van der Waals surface area contributed by atoms with Crippen molar-refractivity contribution in [2.24, 2.45) is 0 Å². The maximum atomic E-state index is 12.4. The highest BCUT2D eigenvalue weighted by molar-refractivity contribution is 7.80. The maximum Gasteiger partial charge on any atom is 0.336 e.